The molecule has 1 atom stereocenters. The van der Waals surface area contributed by atoms with E-state index in [2.05, 4.69) is 26.1 Å². The number of benzene rings is 2. The summed E-state index contributed by atoms with van der Waals surface area (Å²) in [5.41, 5.74) is 3.76. The Hall–Kier alpha value is -3.99. The van der Waals surface area contributed by atoms with E-state index < -0.39 is 11.9 Å². The lowest BCUT2D eigenvalue weighted by Crippen LogP contribution is -2.63. The largest absolute Gasteiger partial charge is 0.369 e. The molecule has 1 N–H and O–H groups in total. The summed E-state index contributed by atoms with van der Waals surface area (Å²) in [4.78, 5) is 55.9. The Balaban J connectivity index is 1.03. The second-order valence-electron chi connectivity index (χ2n) is 10.1. The average molecular weight is 505 g/mol. The van der Waals surface area contributed by atoms with Crippen molar-refractivity contribution in [2.75, 3.05) is 49.1 Å². The van der Waals surface area contributed by atoms with Crippen LogP contribution in [0.15, 0.2) is 42.5 Å². The molecule has 0 spiro atoms. The van der Waals surface area contributed by atoms with E-state index in [1.54, 1.807) is 17.0 Å². The third-order valence-corrected chi connectivity index (χ3v) is 7.99. The zero-order valence-electron chi connectivity index (χ0n) is 20.3. The van der Waals surface area contributed by atoms with Crippen LogP contribution in [0.2, 0.25) is 0 Å². The van der Waals surface area contributed by atoms with E-state index in [0.717, 1.165) is 56.2 Å². The number of hydrogen-bond donors (Lipinski definition) is 1. The molecule has 6 rings (SSSR count). The number of imide groups is 1. The maximum atomic E-state index is 12.9. The van der Waals surface area contributed by atoms with Crippen molar-refractivity contribution in [1.82, 2.24) is 15.1 Å². The number of hydrogen-bond acceptors (Lipinski definition) is 8. The van der Waals surface area contributed by atoms with Gasteiger partial charge in [0.15, 0.2) is 0 Å². The van der Waals surface area contributed by atoms with Crippen LogP contribution in [0.3, 0.4) is 0 Å². The van der Waals surface area contributed by atoms with E-state index in [1.165, 1.54) is 0 Å². The molecule has 3 fully saturated rings. The first-order valence-electron chi connectivity index (χ1n) is 12.6. The Bertz CT molecular complexity index is 1270. The second kappa shape index (κ2) is 9.15. The van der Waals surface area contributed by atoms with E-state index in [-0.39, 0.29) is 28.8 Å². The van der Waals surface area contributed by atoms with Gasteiger partial charge in [-0.05, 0) is 42.3 Å². The molecule has 0 radical (unpaired) electrons. The van der Waals surface area contributed by atoms with Gasteiger partial charge in [0, 0.05) is 87.3 Å². The highest BCUT2D eigenvalue weighted by Gasteiger charge is 2.40. The molecule has 11 heteroatoms. The third-order valence-electron chi connectivity index (χ3n) is 7.99. The first-order valence-corrected chi connectivity index (χ1v) is 12.6. The van der Waals surface area contributed by atoms with Gasteiger partial charge in [-0.2, -0.15) is 0 Å². The summed E-state index contributed by atoms with van der Waals surface area (Å²) >= 11 is 0. The Morgan fingerprint density at radius 1 is 0.892 bits per heavy atom. The first kappa shape index (κ1) is 23.4. The molecule has 3 saturated heterocycles. The molecule has 3 amide bonds. The number of nitro groups is 1. The number of carbonyl (C=O) groups excluding carboxylic acids is 3. The van der Waals surface area contributed by atoms with Crippen molar-refractivity contribution in [3.63, 3.8) is 0 Å². The Kier molecular flexibility index (Phi) is 5.79. The fourth-order valence-corrected chi connectivity index (χ4v) is 5.79. The zero-order chi connectivity index (χ0) is 25.7. The normalized spacial score (nSPS) is 22.6. The van der Waals surface area contributed by atoms with Crippen LogP contribution in [-0.4, -0.2) is 83.8 Å². The number of nitrogens with one attached hydrogen (secondary N) is 1. The number of anilines is 2. The molecule has 192 valence electrons. The van der Waals surface area contributed by atoms with Crippen molar-refractivity contribution in [3.8, 4) is 0 Å². The minimum Gasteiger partial charge on any atom is -0.369 e. The SMILES string of the molecule is O=C1CCC(N2Cc3cc(N4CC(N5CCN(c6ccc([N+](=O)[O-])cc6)CC5)C4)ccc3C2=O)C(=O)N1. The highest BCUT2D eigenvalue weighted by molar-refractivity contribution is 6.05. The number of nitro benzene ring substituents is 1. The first-order chi connectivity index (χ1) is 17.9. The van der Waals surface area contributed by atoms with Gasteiger partial charge in [0.25, 0.3) is 11.6 Å². The van der Waals surface area contributed by atoms with E-state index in [0.29, 0.717) is 24.6 Å². The fraction of sp³-hybridized carbons (Fsp3) is 0.423. The summed E-state index contributed by atoms with van der Waals surface area (Å²) in [7, 11) is 0. The lowest BCUT2D eigenvalue weighted by molar-refractivity contribution is -0.384. The lowest BCUT2D eigenvalue weighted by atomic mass is 10.0. The molecule has 2 aromatic rings. The van der Waals surface area contributed by atoms with Crippen LogP contribution >= 0.6 is 0 Å². The van der Waals surface area contributed by atoms with E-state index in [4.69, 9.17) is 0 Å². The quantitative estimate of drug-likeness (QED) is 0.368. The minimum absolute atomic E-state index is 0.108. The number of non-ortho nitro benzene ring substituents is 1. The van der Waals surface area contributed by atoms with Crippen molar-refractivity contribution in [2.24, 2.45) is 0 Å². The zero-order valence-corrected chi connectivity index (χ0v) is 20.3. The number of amides is 3. The molecule has 2 aromatic carbocycles. The number of rotatable bonds is 5. The third kappa shape index (κ3) is 4.29. The van der Waals surface area contributed by atoms with Crippen molar-refractivity contribution < 1.29 is 19.3 Å². The Morgan fingerprint density at radius 3 is 2.27 bits per heavy atom. The highest BCUT2D eigenvalue weighted by atomic mass is 16.6. The number of carbonyl (C=O) groups is 3. The van der Waals surface area contributed by atoms with Gasteiger partial charge in [-0.25, -0.2) is 0 Å². The molecular weight excluding hydrogens is 476 g/mol. The van der Waals surface area contributed by atoms with Gasteiger partial charge < -0.3 is 14.7 Å². The molecule has 4 aliphatic heterocycles. The summed E-state index contributed by atoms with van der Waals surface area (Å²) in [6.45, 7) is 5.86. The lowest BCUT2D eigenvalue weighted by Gasteiger charge is -2.49. The summed E-state index contributed by atoms with van der Waals surface area (Å²) in [6, 6.07) is 12.5. The molecule has 0 bridgehead atoms. The molecule has 11 nitrogen and oxygen atoms in total. The van der Waals surface area contributed by atoms with Gasteiger partial charge in [-0.15, -0.1) is 0 Å². The molecule has 1 unspecified atom stereocenters. The molecule has 0 aliphatic carbocycles. The maximum Gasteiger partial charge on any atom is 0.269 e. The van der Waals surface area contributed by atoms with Gasteiger partial charge in [0.2, 0.25) is 11.8 Å². The molecule has 0 saturated carbocycles. The minimum atomic E-state index is -0.598. The number of piperazine rings is 1. The van der Waals surface area contributed by atoms with E-state index >= 15 is 0 Å². The summed E-state index contributed by atoms with van der Waals surface area (Å²) in [5.74, 6) is -0.826. The summed E-state index contributed by atoms with van der Waals surface area (Å²) in [6.07, 6.45) is 0.613. The summed E-state index contributed by atoms with van der Waals surface area (Å²) < 4.78 is 0. The number of fused-ring (bicyclic) bond motifs is 1. The van der Waals surface area contributed by atoms with E-state index in [9.17, 15) is 24.5 Å². The Morgan fingerprint density at radius 2 is 1.59 bits per heavy atom. The van der Waals surface area contributed by atoms with Crippen LogP contribution < -0.4 is 15.1 Å². The number of piperidine rings is 1. The number of nitrogens with zero attached hydrogens (tertiary/aromatic N) is 5. The van der Waals surface area contributed by atoms with Crippen LogP contribution in [0.4, 0.5) is 17.1 Å². The second-order valence-corrected chi connectivity index (χ2v) is 10.1. The predicted molar refractivity (Wildman–Crippen MR) is 135 cm³/mol. The van der Waals surface area contributed by atoms with Crippen LogP contribution in [-0.2, 0) is 16.1 Å². The Labute approximate surface area is 213 Å². The monoisotopic (exact) mass is 504 g/mol. The molecule has 4 heterocycles. The van der Waals surface area contributed by atoms with Crippen molar-refractivity contribution in [3.05, 3.63) is 63.7 Å². The smallest absolute Gasteiger partial charge is 0.269 e. The van der Waals surface area contributed by atoms with Crippen LogP contribution in [0.25, 0.3) is 0 Å². The standard InChI is InChI=1S/C26H28N6O5/c33-24-8-7-23(25(34)27-24)31-14-17-13-20(5-6-22(17)26(31)35)30-15-21(16-30)29-11-9-28(10-12-29)18-1-3-19(4-2-18)32(36)37/h1-6,13,21,23H,7-12,14-16H2,(H,27,33,34). The van der Waals surface area contributed by atoms with Crippen molar-refractivity contribution in [1.29, 1.82) is 0 Å². The van der Waals surface area contributed by atoms with Gasteiger partial charge in [0.1, 0.15) is 6.04 Å². The van der Waals surface area contributed by atoms with Crippen molar-refractivity contribution in [2.45, 2.75) is 31.5 Å². The van der Waals surface area contributed by atoms with Crippen molar-refractivity contribution >= 4 is 34.8 Å². The van der Waals surface area contributed by atoms with Crippen LogP contribution in [0, 0.1) is 10.1 Å². The predicted octanol–water partition coefficient (Wildman–Crippen LogP) is 1.37. The van der Waals surface area contributed by atoms with Crippen LogP contribution in [0.1, 0.15) is 28.8 Å². The average Bonchev–Trinajstić information content (AvgIpc) is 3.19. The van der Waals surface area contributed by atoms with Gasteiger partial charge >= 0.3 is 0 Å². The molecule has 0 aromatic heterocycles. The van der Waals surface area contributed by atoms with Gasteiger partial charge in [0.05, 0.1) is 4.92 Å². The topological polar surface area (TPSA) is 119 Å². The van der Waals surface area contributed by atoms with Gasteiger partial charge in [-0.3, -0.25) is 34.7 Å². The summed E-state index contributed by atoms with van der Waals surface area (Å²) in [5, 5.41) is 13.2. The molecule has 4 aliphatic rings. The fourth-order valence-electron chi connectivity index (χ4n) is 5.79. The highest BCUT2D eigenvalue weighted by Crippen LogP contribution is 2.33. The molecule has 37 heavy (non-hydrogen) atoms. The maximum absolute atomic E-state index is 12.9. The van der Waals surface area contributed by atoms with Crippen LogP contribution in [0.5, 0.6) is 0 Å². The van der Waals surface area contributed by atoms with E-state index in [1.807, 2.05) is 24.3 Å². The molecular formula is C26H28N6O5. The van der Waals surface area contributed by atoms with Gasteiger partial charge in [-0.1, -0.05) is 0 Å².